The van der Waals surface area contributed by atoms with Crippen molar-refractivity contribution in [1.29, 1.82) is 0 Å². The maximum absolute atomic E-state index is 11.6. The first-order chi connectivity index (χ1) is 7.13. The van der Waals surface area contributed by atoms with Crippen LogP contribution < -0.4 is 9.47 Å². The summed E-state index contributed by atoms with van der Waals surface area (Å²) < 4.78 is 10.3. The molecule has 0 N–H and O–H groups in total. The Morgan fingerprint density at radius 3 is 2.47 bits per heavy atom. The number of methoxy groups -OCH3 is 2. The van der Waals surface area contributed by atoms with E-state index in [1.807, 2.05) is 6.92 Å². The van der Waals surface area contributed by atoms with E-state index in [1.54, 1.807) is 19.2 Å². The van der Waals surface area contributed by atoms with Gasteiger partial charge in [-0.05, 0) is 18.6 Å². The van der Waals surface area contributed by atoms with Gasteiger partial charge in [0.25, 0.3) is 0 Å². The normalized spacial score (nSPS) is 9.87. The fraction of sp³-hybridized carbons (Fsp3) is 0.364. The zero-order chi connectivity index (χ0) is 11.4. The Morgan fingerprint density at radius 2 is 2.00 bits per heavy atom. The summed E-state index contributed by atoms with van der Waals surface area (Å²) in [6, 6.07) is 3.50. The van der Waals surface area contributed by atoms with E-state index >= 15 is 0 Å². The second kappa shape index (κ2) is 5.07. The SMILES string of the molecule is COc1cc(C)c(C(=O)CS)c(OC)c1. The van der Waals surface area contributed by atoms with Gasteiger partial charge in [-0.15, -0.1) is 0 Å². The molecule has 0 aliphatic rings. The molecule has 0 fully saturated rings. The highest BCUT2D eigenvalue weighted by molar-refractivity contribution is 7.81. The molecule has 0 aliphatic heterocycles. The molecule has 0 aliphatic carbocycles. The number of thiol groups is 1. The fourth-order valence-electron chi connectivity index (χ4n) is 1.44. The van der Waals surface area contributed by atoms with Gasteiger partial charge in [0.1, 0.15) is 11.5 Å². The number of hydrogen-bond donors (Lipinski definition) is 1. The van der Waals surface area contributed by atoms with Crippen LogP contribution in [0.1, 0.15) is 15.9 Å². The van der Waals surface area contributed by atoms with E-state index in [2.05, 4.69) is 12.6 Å². The quantitative estimate of drug-likeness (QED) is 0.631. The van der Waals surface area contributed by atoms with Crippen LogP contribution in [0.5, 0.6) is 11.5 Å². The number of ether oxygens (including phenoxy) is 2. The van der Waals surface area contributed by atoms with Crippen LogP contribution in [0.4, 0.5) is 0 Å². The van der Waals surface area contributed by atoms with Gasteiger partial charge in [-0.3, -0.25) is 4.79 Å². The molecule has 0 heterocycles. The molecule has 15 heavy (non-hydrogen) atoms. The molecule has 0 amide bonds. The molecule has 1 aromatic rings. The van der Waals surface area contributed by atoms with E-state index in [0.29, 0.717) is 17.1 Å². The van der Waals surface area contributed by atoms with E-state index in [0.717, 1.165) is 5.56 Å². The summed E-state index contributed by atoms with van der Waals surface area (Å²) in [7, 11) is 3.11. The van der Waals surface area contributed by atoms with Crippen molar-refractivity contribution in [3.8, 4) is 11.5 Å². The Kier molecular flexibility index (Phi) is 4.03. The molecule has 0 spiro atoms. The van der Waals surface area contributed by atoms with E-state index < -0.39 is 0 Å². The van der Waals surface area contributed by atoms with Gasteiger partial charge < -0.3 is 9.47 Å². The van der Waals surface area contributed by atoms with Crippen LogP contribution >= 0.6 is 12.6 Å². The molecule has 0 atom stereocenters. The summed E-state index contributed by atoms with van der Waals surface area (Å²) in [5, 5.41) is 0. The summed E-state index contributed by atoms with van der Waals surface area (Å²) in [6.45, 7) is 1.85. The molecular weight excluding hydrogens is 212 g/mol. The summed E-state index contributed by atoms with van der Waals surface area (Å²) in [4.78, 5) is 11.6. The van der Waals surface area contributed by atoms with Crippen molar-refractivity contribution in [3.05, 3.63) is 23.3 Å². The molecule has 1 aromatic carbocycles. The lowest BCUT2D eigenvalue weighted by molar-refractivity contribution is 0.101. The van der Waals surface area contributed by atoms with Gasteiger partial charge in [-0.25, -0.2) is 0 Å². The zero-order valence-corrected chi connectivity index (χ0v) is 9.93. The molecule has 1 rings (SSSR count). The third-order valence-corrected chi connectivity index (χ3v) is 2.44. The highest BCUT2D eigenvalue weighted by Gasteiger charge is 2.15. The number of rotatable bonds is 4. The average molecular weight is 226 g/mol. The van der Waals surface area contributed by atoms with E-state index in [9.17, 15) is 4.79 Å². The molecule has 0 unspecified atom stereocenters. The van der Waals surface area contributed by atoms with E-state index in [-0.39, 0.29) is 11.5 Å². The van der Waals surface area contributed by atoms with E-state index in [1.165, 1.54) is 7.11 Å². The van der Waals surface area contributed by atoms with Crippen molar-refractivity contribution < 1.29 is 14.3 Å². The van der Waals surface area contributed by atoms with E-state index in [4.69, 9.17) is 9.47 Å². The van der Waals surface area contributed by atoms with Crippen LogP contribution in [0.25, 0.3) is 0 Å². The summed E-state index contributed by atoms with van der Waals surface area (Å²) >= 11 is 3.97. The first kappa shape index (κ1) is 11.9. The Balaban J connectivity index is 3.30. The van der Waals surface area contributed by atoms with Gasteiger partial charge in [0.15, 0.2) is 5.78 Å². The van der Waals surface area contributed by atoms with Crippen molar-refractivity contribution in [2.24, 2.45) is 0 Å². The smallest absolute Gasteiger partial charge is 0.176 e. The van der Waals surface area contributed by atoms with Crippen molar-refractivity contribution in [2.75, 3.05) is 20.0 Å². The highest BCUT2D eigenvalue weighted by atomic mass is 32.1. The predicted molar refractivity (Wildman–Crippen MR) is 62.5 cm³/mol. The molecule has 3 nitrogen and oxygen atoms in total. The number of Topliss-reactive ketones (excluding diaryl/α,β-unsaturated/α-hetero) is 1. The van der Waals surface area contributed by atoms with Gasteiger partial charge in [0, 0.05) is 6.07 Å². The molecule has 4 heteroatoms. The lowest BCUT2D eigenvalue weighted by Gasteiger charge is -2.11. The van der Waals surface area contributed by atoms with Crippen LogP contribution in [-0.4, -0.2) is 25.8 Å². The van der Waals surface area contributed by atoms with Gasteiger partial charge in [0.2, 0.25) is 0 Å². The molecule has 0 aromatic heterocycles. The topological polar surface area (TPSA) is 35.5 Å². The number of carbonyl (C=O) groups excluding carboxylic acids is 1. The van der Waals surface area contributed by atoms with Gasteiger partial charge >= 0.3 is 0 Å². The standard InChI is InChI=1S/C11H14O3S/c1-7-4-8(13-2)5-10(14-3)11(7)9(12)6-15/h4-5,15H,6H2,1-3H3. The first-order valence-electron chi connectivity index (χ1n) is 4.50. The first-order valence-corrected chi connectivity index (χ1v) is 5.14. The van der Waals surface area contributed by atoms with Gasteiger partial charge in [-0.2, -0.15) is 12.6 Å². The molecule has 82 valence electrons. The summed E-state index contributed by atoms with van der Waals surface area (Å²) in [5.41, 5.74) is 1.42. The minimum absolute atomic E-state index is 0.0460. The molecule has 0 bridgehead atoms. The monoisotopic (exact) mass is 226 g/mol. The lowest BCUT2D eigenvalue weighted by Crippen LogP contribution is -2.06. The number of aryl methyl sites for hydroxylation is 1. The Hall–Kier alpha value is -1.16. The maximum atomic E-state index is 11.6. The van der Waals surface area contributed by atoms with Crippen LogP contribution in [0.15, 0.2) is 12.1 Å². The average Bonchev–Trinajstić information content (AvgIpc) is 2.26. The third kappa shape index (κ3) is 2.45. The highest BCUT2D eigenvalue weighted by Crippen LogP contribution is 2.28. The van der Waals surface area contributed by atoms with Crippen molar-refractivity contribution >= 4 is 18.4 Å². The fourth-order valence-corrected chi connectivity index (χ4v) is 1.60. The number of carbonyl (C=O) groups is 1. The van der Waals surface area contributed by atoms with Crippen LogP contribution in [0.2, 0.25) is 0 Å². The summed E-state index contributed by atoms with van der Waals surface area (Å²) in [6.07, 6.45) is 0. The second-order valence-corrected chi connectivity index (χ2v) is 3.42. The predicted octanol–water partition coefficient (Wildman–Crippen LogP) is 2.12. The Morgan fingerprint density at radius 1 is 1.33 bits per heavy atom. The second-order valence-electron chi connectivity index (χ2n) is 3.10. The lowest BCUT2D eigenvalue weighted by atomic mass is 10.0. The molecular formula is C11H14O3S. The number of ketones is 1. The minimum Gasteiger partial charge on any atom is -0.497 e. The van der Waals surface area contributed by atoms with Crippen LogP contribution in [0.3, 0.4) is 0 Å². The minimum atomic E-state index is -0.0460. The van der Waals surface area contributed by atoms with Crippen molar-refractivity contribution in [3.63, 3.8) is 0 Å². The van der Waals surface area contributed by atoms with Gasteiger partial charge in [-0.1, -0.05) is 0 Å². The van der Waals surface area contributed by atoms with Crippen molar-refractivity contribution in [1.82, 2.24) is 0 Å². The summed E-state index contributed by atoms with van der Waals surface area (Å²) in [5.74, 6) is 1.34. The largest absolute Gasteiger partial charge is 0.497 e. The number of benzene rings is 1. The van der Waals surface area contributed by atoms with Crippen LogP contribution in [-0.2, 0) is 0 Å². The Bertz CT molecular complexity index is 374. The number of hydrogen-bond acceptors (Lipinski definition) is 4. The van der Waals surface area contributed by atoms with Crippen LogP contribution in [0, 0.1) is 6.92 Å². The maximum Gasteiger partial charge on any atom is 0.176 e. The molecule has 0 saturated carbocycles. The third-order valence-electron chi connectivity index (χ3n) is 2.15. The Labute approximate surface area is 94.8 Å². The molecule has 0 saturated heterocycles. The van der Waals surface area contributed by atoms with Gasteiger partial charge in [0.05, 0.1) is 25.5 Å². The van der Waals surface area contributed by atoms with Crippen molar-refractivity contribution in [2.45, 2.75) is 6.92 Å². The zero-order valence-electron chi connectivity index (χ0n) is 9.03. The molecule has 0 radical (unpaired) electrons.